The van der Waals surface area contributed by atoms with Crippen molar-refractivity contribution < 1.29 is 9.47 Å². The van der Waals surface area contributed by atoms with Crippen LogP contribution in [0.4, 0.5) is 0 Å². The Balaban J connectivity index is 1.84. The molecule has 0 fully saturated rings. The minimum Gasteiger partial charge on any atom is -0.490 e. The summed E-state index contributed by atoms with van der Waals surface area (Å²) in [6.07, 6.45) is 1.54. The molecule has 0 radical (unpaired) electrons. The number of H-pyrrole nitrogens is 1. The quantitative estimate of drug-likeness (QED) is 0.483. The van der Waals surface area contributed by atoms with Gasteiger partial charge in [0.05, 0.1) is 12.8 Å². The standard InChI is InChI=1S/C18H18N4O3S2/c1-3-24-16-9-13(6-7-15(16)25-11-14-5-4-8-27-14)10-19-22-17(23)12(2)20-21-18(22)26/h4-10H,3,11H2,1-2H3,(H,21,26)/b19-10-. The molecule has 0 unspecified atom stereocenters. The first kappa shape index (κ1) is 19.0. The number of aromatic nitrogens is 3. The molecule has 1 N–H and O–H groups in total. The SMILES string of the molecule is CCOc1cc(/C=N\n2c(=S)[nH]nc(C)c2=O)ccc1OCc1cccs1. The van der Waals surface area contributed by atoms with Crippen LogP contribution >= 0.6 is 23.6 Å². The van der Waals surface area contributed by atoms with E-state index < -0.39 is 0 Å². The number of hydrogen-bond acceptors (Lipinski definition) is 7. The normalized spacial score (nSPS) is 11.0. The third kappa shape index (κ3) is 4.69. The maximum Gasteiger partial charge on any atom is 0.296 e. The van der Waals surface area contributed by atoms with Gasteiger partial charge in [0.2, 0.25) is 4.77 Å². The van der Waals surface area contributed by atoms with Crippen molar-refractivity contribution in [1.82, 2.24) is 14.9 Å². The lowest BCUT2D eigenvalue weighted by Crippen LogP contribution is -2.22. The van der Waals surface area contributed by atoms with Crippen molar-refractivity contribution in [2.75, 3.05) is 6.61 Å². The van der Waals surface area contributed by atoms with E-state index in [1.807, 2.05) is 42.6 Å². The molecule has 3 aromatic rings. The number of hydrogen-bond donors (Lipinski definition) is 1. The molecule has 0 aliphatic rings. The van der Waals surface area contributed by atoms with Crippen LogP contribution in [-0.4, -0.2) is 27.7 Å². The maximum absolute atomic E-state index is 12.1. The number of thiophene rings is 1. The van der Waals surface area contributed by atoms with Gasteiger partial charge >= 0.3 is 0 Å². The molecule has 1 aromatic carbocycles. The Bertz CT molecular complexity index is 1060. The Labute approximate surface area is 164 Å². The first-order chi connectivity index (χ1) is 13.1. The van der Waals surface area contributed by atoms with Crippen molar-refractivity contribution >= 4 is 29.8 Å². The van der Waals surface area contributed by atoms with Gasteiger partial charge in [-0.15, -0.1) is 11.3 Å². The van der Waals surface area contributed by atoms with E-state index in [1.165, 1.54) is 6.21 Å². The molecule has 0 spiro atoms. The third-order valence-electron chi connectivity index (χ3n) is 3.55. The summed E-state index contributed by atoms with van der Waals surface area (Å²) in [5, 5.41) is 12.6. The van der Waals surface area contributed by atoms with E-state index in [0.717, 1.165) is 15.1 Å². The van der Waals surface area contributed by atoms with Gasteiger partial charge in [-0.3, -0.25) is 9.89 Å². The van der Waals surface area contributed by atoms with Gasteiger partial charge in [-0.25, -0.2) is 0 Å². The Kier molecular flexibility index (Phi) is 6.15. The monoisotopic (exact) mass is 402 g/mol. The molecule has 0 aliphatic heterocycles. The van der Waals surface area contributed by atoms with Crippen LogP contribution in [0.15, 0.2) is 45.6 Å². The molecular weight excluding hydrogens is 384 g/mol. The van der Waals surface area contributed by atoms with Crippen molar-refractivity contribution in [3.05, 3.63) is 67.0 Å². The van der Waals surface area contributed by atoms with Crippen molar-refractivity contribution in [2.24, 2.45) is 5.10 Å². The van der Waals surface area contributed by atoms with E-state index in [1.54, 1.807) is 18.3 Å². The van der Waals surface area contributed by atoms with Crippen molar-refractivity contribution in [3.63, 3.8) is 0 Å². The van der Waals surface area contributed by atoms with Crippen LogP contribution in [0.3, 0.4) is 0 Å². The molecule has 2 heterocycles. The lowest BCUT2D eigenvalue weighted by molar-refractivity contribution is 0.271. The second-order valence-electron chi connectivity index (χ2n) is 5.48. The predicted octanol–water partition coefficient (Wildman–Crippen LogP) is 3.53. The molecule has 0 aliphatic carbocycles. The van der Waals surface area contributed by atoms with Crippen molar-refractivity contribution in [2.45, 2.75) is 20.5 Å². The minimum atomic E-state index is -0.365. The van der Waals surface area contributed by atoms with E-state index >= 15 is 0 Å². The van der Waals surface area contributed by atoms with E-state index in [4.69, 9.17) is 21.7 Å². The molecule has 0 saturated carbocycles. The van der Waals surface area contributed by atoms with Crippen LogP contribution in [0.25, 0.3) is 0 Å². The topological polar surface area (TPSA) is 81.5 Å². The zero-order valence-corrected chi connectivity index (χ0v) is 16.5. The Morgan fingerprint density at radius 2 is 2.19 bits per heavy atom. The number of nitrogens with zero attached hydrogens (tertiary/aromatic N) is 3. The molecule has 3 rings (SSSR count). The van der Waals surface area contributed by atoms with E-state index in [0.29, 0.717) is 24.7 Å². The lowest BCUT2D eigenvalue weighted by atomic mass is 10.2. The molecule has 9 heteroatoms. The van der Waals surface area contributed by atoms with Gasteiger partial charge < -0.3 is 9.47 Å². The summed E-state index contributed by atoms with van der Waals surface area (Å²) in [6, 6.07) is 9.47. The van der Waals surface area contributed by atoms with E-state index in [2.05, 4.69) is 15.3 Å². The summed E-state index contributed by atoms with van der Waals surface area (Å²) < 4.78 is 12.8. The summed E-state index contributed by atoms with van der Waals surface area (Å²) in [4.78, 5) is 13.2. The third-order valence-corrected chi connectivity index (χ3v) is 4.67. The highest BCUT2D eigenvalue weighted by Crippen LogP contribution is 2.29. The van der Waals surface area contributed by atoms with Gasteiger partial charge in [0, 0.05) is 4.88 Å². The van der Waals surface area contributed by atoms with Gasteiger partial charge in [0.15, 0.2) is 11.5 Å². The van der Waals surface area contributed by atoms with Gasteiger partial charge in [-0.1, -0.05) is 6.07 Å². The molecule has 0 saturated heterocycles. The number of aryl methyl sites for hydroxylation is 1. The number of aromatic amines is 1. The number of ether oxygens (including phenoxy) is 2. The fraction of sp³-hybridized carbons (Fsp3) is 0.222. The van der Waals surface area contributed by atoms with Gasteiger partial charge in [0.25, 0.3) is 5.56 Å². The summed E-state index contributed by atoms with van der Waals surface area (Å²) in [5.41, 5.74) is 0.668. The molecule has 0 bridgehead atoms. The van der Waals surface area contributed by atoms with Crippen LogP contribution in [0.5, 0.6) is 11.5 Å². The summed E-state index contributed by atoms with van der Waals surface area (Å²) >= 11 is 6.70. The molecule has 7 nitrogen and oxygen atoms in total. The van der Waals surface area contributed by atoms with Crippen LogP contribution in [0.1, 0.15) is 23.1 Å². The molecule has 0 amide bonds. The molecular formula is C18H18N4O3S2. The zero-order valence-electron chi connectivity index (χ0n) is 14.8. The fourth-order valence-electron chi connectivity index (χ4n) is 2.24. The lowest BCUT2D eigenvalue weighted by Gasteiger charge is -2.12. The minimum absolute atomic E-state index is 0.128. The van der Waals surface area contributed by atoms with E-state index in [9.17, 15) is 4.79 Å². The molecule has 2 aromatic heterocycles. The van der Waals surface area contributed by atoms with Crippen LogP contribution in [-0.2, 0) is 6.61 Å². The predicted molar refractivity (Wildman–Crippen MR) is 108 cm³/mol. The highest BCUT2D eigenvalue weighted by Gasteiger charge is 2.07. The second kappa shape index (κ2) is 8.74. The molecule has 0 atom stereocenters. The van der Waals surface area contributed by atoms with Gasteiger partial charge in [-0.05, 0) is 61.3 Å². The number of nitrogens with one attached hydrogen (secondary N) is 1. The Morgan fingerprint density at radius 3 is 2.93 bits per heavy atom. The van der Waals surface area contributed by atoms with Gasteiger partial charge in [0.1, 0.15) is 12.3 Å². The summed E-state index contributed by atoms with van der Waals surface area (Å²) in [6.45, 7) is 4.48. The van der Waals surface area contributed by atoms with E-state index in [-0.39, 0.29) is 16.0 Å². The first-order valence-electron chi connectivity index (χ1n) is 8.23. The zero-order chi connectivity index (χ0) is 19.2. The maximum atomic E-state index is 12.1. The van der Waals surface area contributed by atoms with Crippen molar-refractivity contribution in [1.29, 1.82) is 0 Å². The first-order valence-corrected chi connectivity index (χ1v) is 9.52. The van der Waals surface area contributed by atoms with Crippen LogP contribution in [0.2, 0.25) is 0 Å². The highest BCUT2D eigenvalue weighted by atomic mass is 32.1. The molecule has 27 heavy (non-hydrogen) atoms. The molecule has 140 valence electrons. The Morgan fingerprint density at radius 1 is 1.33 bits per heavy atom. The smallest absolute Gasteiger partial charge is 0.296 e. The summed E-state index contributed by atoms with van der Waals surface area (Å²) in [5.74, 6) is 1.26. The average Bonchev–Trinajstić information content (AvgIpc) is 3.18. The largest absolute Gasteiger partial charge is 0.490 e. The second-order valence-corrected chi connectivity index (χ2v) is 6.90. The van der Waals surface area contributed by atoms with Gasteiger partial charge in [-0.2, -0.15) is 14.9 Å². The fourth-order valence-corrected chi connectivity index (χ4v) is 3.03. The van der Waals surface area contributed by atoms with Crippen LogP contribution < -0.4 is 15.0 Å². The average molecular weight is 403 g/mol. The highest BCUT2D eigenvalue weighted by molar-refractivity contribution is 7.71. The Hall–Kier alpha value is -2.78. The number of benzene rings is 1. The van der Waals surface area contributed by atoms with Crippen molar-refractivity contribution in [3.8, 4) is 11.5 Å². The summed E-state index contributed by atoms with van der Waals surface area (Å²) in [7, 11) is 0. The number of rotatable bonds is 7. The van der Waals surface area contributed by atoms with Crippen LogP contribution in [0, 0.1) is 11.7 Å².